The quantitative estimate of drug-likeness (QED) is 0.813. The van der Waals surface area contributed by atoms with Gasteiger partial charge in [0, 0.05) is 25.2 Å². The van der Waals surface area contributed by atoms with Crippen LogP contribution in [-0.4, -0.2) is 49.8 Å². The van der Waals surface area contributed by atoms with Crippen molar-refractivity contribution in [2.75, 3.05) is 26.7 Å². The second kappa shape index (κ2) is 6.72. The topological polar surface area (TPSA) is 24.5 Å². The molecule has 0 radical (unpaired) electrons. The van der Waals surface area contributed by atoms with Crippen molar-refractivity contribution in [1.82, 2.24) is 10.2 Å². The Bertz CT molecular complexity index is 216. The summed E-state index contributed by atoms with van der Waals surface area (Å²) in [4.78, 5) is 2.64. The molecule has 0 saturated carbocycles. The normalized spacial score (nSPS) is 36.0. The van der Waals surface area contributed by atoms with Gasteiger partial charge in [-0.05, 0) is 59.0 Å². The van der Waals surface area contributed by atoms with Gasteiger partial charge in [0.2, 0.25) is 0 Å². The van der Waals surface area contributed by atoms with Gasteiger partial charge in [-0.2, -0.15) is 0 Å². The minimum atomic E-state index is 0.540. The Hall–Kier alpha value is -0.120. The molecule has 3 unspecified atom stereocenters. The van der Waals surface area contributed by atoms with Crippen LogP contribution in [0.15, 0.2) is 0 Å². The van der Waals surface area contributed by atoms with Crippen molar-refractivity contribution in [3.05, 3.63) is 0 Å². The zero-order valence-electron chi connectivity index (χ0n) is 11.5. The van der Waals surface area contributed by atoms with Crippen LogP contribution in [0.3, 0.4) is 0 Å². The molecule has 2 aliphatic rings. The largest absolute Gasteiger partial charge is 0.378 e. The highest BCUT2D eigenvalue weighted by Gasteiger charge is 2.25. The van der Waals surface area contributed by atoms with Gasteiger partial charge in [0.05, 0.1) is 6.10 Å². The summed E-state index contributed by atoms with van der Waals surface area (Å²) < 4.78 is 5.81. The third-order valence-electron chi connectivity index (χ3n) is 4.43. The molecule has 0 aliphatic carbocycles. The Balaban J connectivity index is 1.68. The maximum atomic E-state index is 5.81. The third-order valence-corrected chi connectivity index (χ3v) is 4.43. The van der Waals surface area contributed by atoms with E-state index in [2.05, 4.69) is 24.2 Å². The van der Waals surface area contributed by atoms with E-state index < -0.39 is 0 Å². The molecular formula is C14H28N2O. The maximum absolute atomic E-state index is 5.81. The number of nitrogens with one attached hydrogen (secondary N) is 1. The second-order valence-corrected chi connectivity index (χ2v) is 5.67. The molecule has 2 saturated heterocycles. The number of piperidine rings is 1. The van der Waals surface area contributed by atoms with E-state index in [-0.39, 0.29) is 0 Å². The number of likely N-dealkylation sites (tertiary alicyclic amines) is 1. The van der Waals surface area contributed by atoms with Crippen molar-refractivity contribution < 1.29 is 4.74 Å². The van der Waals surface area contributed by atoms with Crippen LogP contribution in [0.4, 0.5) is 0 Å². The van der Waals surface area contributed by atoms with E-state index in [4.69, 9.17) is 4.74 Å². The van der Waals surface area contributed by atoms with Gasteiger partial charge < -0.3 is 15.0 Å². The third kappa shape index (κ3) is 3.94. The molecule has 3 heteroatoms. The van der Waals surface area contributed by atoms with E-state index in [0.717, 1.165) is 18.7 Å². The van der Waals surface area contributed by atoms with Crippen LogP contribution in [0, 0.1) is 0 Å². The first-order valence-electron chi connectivity index (χ1n) is 7.32. The maximum Gasteiger partial charge on any atom is 0.0587 e. The second-order valence-electron chi connectivity index (χ2n) is 5.67. The first-order valence-corrected chi connectivity index (χ1v) is 7.32. The number of rotatable bonds is 4. The van der Waals surface area contributed by atoms with E-state index >= 15 is 0 Å². The summed E-state index contributed by atoms with van der Waals surface area (Å²) in [7, 11) is 2.09. The van der Waals surface area contributed by atoms with Crippen molar-refractivity contribution in [1.29, 1.82) is 0 Å². The summed E-state index contributed by atoms with van der Waals surface area (Å²) >= 11 is 0. The molecule has 1 N–H and O–H groups in total. The van der Waals surface area contributed by atoms with E-state index in [1.54, 1.807) is 0 Å². The molecule has 2 aliphatic heterocycles. The fourth-order valence-corrected chi connectivity index (χ4v) is 3.16. The number of nitrogens with zero attached hydrogens (tertiary/aromatic N) is 1. The van der Waals surface area contributed by atoms with Gasteiger partial charge in [0.15, 0.2) is 0 Å². The SMILES string of the molecule is CNC1CCN(CCC2CCCCO2)C(C)C1. The van der Waals surface area contributed by atoms with Crippen LogP contribution in [0.2, 0.25) is 0 Å². The highest BCUT2D eigenvalue weighted by molar-refractivity contribution is 4.82. The average molecular weight is 240 g/mol. The average Bonchev–Trinajstić information content (AvgIpc) is 2.38. The Kier molecular flexibility index (Phi) is 5.26. The predicted molar refractivity (Wildman–Crippen MR) is 71.3 cm³/mol. The van der Waals surface area contributed by atoms with Gasteiger partial charge in [-0.1, -0.05) is 0 Å². The lowest BCUT2D eigenvalue weighted by atomic mass is 9.97. The summed E-state index contributed by atoms with van der Waals surface area (Å²) in [6.07, 6.45) is 8.27. The number of ether oxygens (including phenoxy) is 1. The van der Waals surface area contributed by atoms with Crippen molar-refractivity contribution in [3.63, 3.8) is 0 Å². The molecule has 0 aromatic heterocycles. The molecule has 100 valence electrons. The fourth-order valence-electron chi connectivity index (χ4n) is 3.16. The predicted octanol–water partition coefficient (Wildman–Crippen LogP) is 2.02. The Labute approximate surface area is 106 Å². The lowest BCUT2D eigenvalue weighted by Gasteiger charge is -2.38. The van der Waals surface area contributed by atoms with Crippen molar-refractivity contribution in [2.45, 2.75) is 63.6 Å². The molecule has 3 atom stereocenters. The van der Waals surface area contributed by atoms with Crippen LogP contribution < -0.4 is 5.32 Å². The standard InChI is InChI=1S/C14H28N2O/c1-12-11-13(15-2)6-8-16(12)9-7-14-5-3-4-10-17-14/h12-15H,3-11H2,1-2H3. The van der Waals surface area contributed by atoms with Gasteiger partial charge in [-0.3, -0.25) is 0 Å². The Morgan fingerprint density at radius 2 is 2.18 bits per heavy atom. The van der Waals surface area contributed by atoms with Crippen molar-refractivity contribution >= 4 is 0 Å². The molecule has 2 rings (SSSR count). The van der Waals surface area contributed by atoms with Crippen LogP contribution in [0.1, 0.15) is 45.4 Å². The van der Waals surface area contributed by atoms with E-state index in [1.165, 1.54) is 51.6 Å². The van der Waals surface area contributed by atoms with Crippen LogP contribution >= 0.6 is 0 Å². The molecular weight excluding hydrogens is 212 g/mol. The van der Waals surface area contributed by atoms with Crippen LogP contribution in [0.25, 0.3) is 0 Å². The molecule has 0 spiro atoms. The molecule has 0 aromatic rings. The molecule has 2 heterocycles. The van der Waals surface area contributed by atoms with Gasteiger partial charge in [0.25, 0.3) is 0 Å². The van der Waals surface area contributed by atoms with E-state index in [0.29, 0.717) is 6.10 Å². The minimum absolute atomic E-state index is 0.540. The molecule has 2 fully saturated rings. The number of hydrogen-bond donors (Lipinski definition) is 1. The summed E-state index contributed by atoms with van der Waals surface area (Å²) in [6, 6.07) is 1.46. The highest BCUT2D eigenvalue weighted by atomic mass is 16.5. The summed E-state index contributed by atoms with van der Waals surface area (Å²) in [5.41, 5.74) is 0. The first-order chi connectivity index (χ1) is 8.29. The summed E-state index contributed by atoms with van der Waals surface area (Å²) in [5, 5.41) is 3.41. The molecule has 0 bridgehead atoms. The lowest BCUT2D eigenvalue weighted by molar-refractivity contribution is 0.000640. The molecule has 0 amide bonds. The monoisotopic (exact) mass is 240 g/mol. The van der Waals surface area contributed by atoms with Gasteiger partial charge in [-0.25, -0.2) is 0 Å². The van der Waals surface area contributed by atoms with Gasteiger partial charge >= 0.3 is 0 Å². The van der Waals surface area contributed by atoms with Crippen LogP contribution in [-0.2, 0) is 4.74 Å². The highest BCUT2D eigenvalue weighted by Crippen LogP contribution is 2.20. The lowest BCUT2D eigenvalue weighted by Crippen LogP contribution is -2.47. The smallest absolute Gasteiger partial charge is 0.0587 e. The molecule has 17 heavy (non-hydrogen) atoms. The van der Waals surface area contributed by atoms with Crippen LogP contribution in [0.5, 0.6) is 0 Å². The number of hydrogen-bond acceptors (Lipinski definition) is 3. The summed E-state index contributed by atoms with van der Waals surface area (Å²) in [5.74, 6) is 0. The van der Waals surface area contributed by atoms with E-state index in [9.17, 15) is 0 Å². The Morgan fingerprint density at radius 3 is 2.82 bits per heavy atom. The fraction of sp³-hybridized carbons (Fsp3) is 1.00. The van der Waals surface area contributed by atoms with Crippen molar-refractivity contribution in [3.8, 4) is 0 Å². The van der Waals surface area contributed by atoms with Crippen molar-refractivity contribution in [2.24, 2.45) is 0 Å². The van der Waals surface area contributed by atoms with E-state index in [1.807, 2.05) is 0 Å². The van der Waals surface area contributed by atoms with Gasteiger partial charge in [0.1, 0.15) is 0 Å². The molecule has 0 aromatic carbocycles. The Morgan fingerprint density at radius 1 is 1.29 bits per heavy atom. The zero-order valence-corrected chi connectivity index (χ0v) is 11.5. The molecule has 3 nitrogen and oxygen atoms in total. The minimum Gasteiger partial charge on any atom is -0.378 e. The zero-order chi connectivity index (χ0) is 12.1. The van der Waals surface area contributed by atoms with Gasteiger partial charge in [-0.15, -0.1) is 0 Å². The first kappa shape index (κ1) is 13.3. The summed E-state index contributed by atoms with van der Waals surface area (Å²) in [6.45, 7) is 5.83.